The molecule has 2 aromatic heterocycles. The van der Waals surface area contributed by atoms with Crippen molar-refractivity contribution in [1.29, 1.82) is 5.26 Å². The van der Waals surface area contributed by atoms with E-state index in [0.717, 1.165) is 0 Å². The van der Waals surface area contributed by atoms with E-state index in [4.69, 9.17) is 9.15 Å². The Kier molecular flexibility index (Phi) is 5.41. The molecule has 8 heteroatoms. The van der Waals surface area contributed by atoms with Gasteiger partial charge in [0, 0.05) is 32.1 Å². The molecule has 0 aliphatic carbocycles. The van der Waals surface area contributed by atoms with Gasteiger partial charge < -0.3 is 19.4 Å². The predicted molar refractivity (Wildman–Crippen MR) is 106 cm³/mol. The summed E-state index contributed by atoms with van der Waals surface area (Å²) in [6.07, 6.45) is 3.44. The minimum absolute atomic E-state index is 0.121. The minimum Gasteiger partial charge on any atom is -0.495 e. The van der Waals surface area contributed by atoms with Gasteiger partial charge in [-0.25, -0.2) is 0 Å². The van der Waals surface area contributed by atoms with E-state index in [0.29, 0.717) is 22.8 Å². The average Bonchev–Trinajstić information content (AvgIpc) is 3.34. The van der Waals surface area contributed by atoms with Crippen LogP contribution in [0.15, 0.2) is 47.1 Å². The number of aryl methyl sites for hydroxylation is 1. The number of benzene rings is 1. The molecule has 0 unspecified atom stereocenters. The molecule has 1 N–H and O–H groups in total. The van der Waals surface area contributed by atoms with E-state index in [-0.39, 0.29) is 22.9 Å². The van der Waals surface area contributed by atoms with E-state index in [1.54, 1.807) is 62.2 Å². The summed E-state index contributed by atoms with van der Waals surface area (Å²) in [5.74, 6) is 0.217. The van der Waals surface area contributed by atoms with E-state index in [2.05, 4.69) is 5.32 Å². The van der Waals surface area contributed by atoms with E-state index in [9.17, 15) is 14.9 Å². The van der Waals surface area contributed by atoms with Crippen LogP contribution in [0.3, 0.4) is 0 Å². The number of nitrogens with zero attached hydrogens (tertiary/aromatic N) is 3. The molecule has 0 fully saturated rings. The topological polar surface area (TPSA) is 100 Å². The Labute approximate surface area is 167 Å². The first-order valence-corrected chi connectivity index (χ1v) is 8.75. The quantitative estimate of drug-likeness (QED) is 0.719. The molecule has 0 spiro atoms. The number of nitriles is 1. The zero-order valence-corrected chi connectivity index (χ0v) is 16.5. The molecule has 148 valence electrons. The SMILES string of the molecule is COc1ccc(C(=O)N(C)C)cc1NC(=O)c1c(C)oc(-n2cccc2)c1C#N. The highest BCUT2D eigenvalue weighted by Gasteiger charge is 2.25. The van der Waals surface area contributed by atoms with Gasteiger partial charge in [-0.1, -0.05) is 0 Å². The normalized spacial score (nSPS) is 10.3. The summed E-state index contributed by atoms with van der Waals surface area (Å²) < 4.78 is 12.6. The second-order valence-electron chi connectivity index (χ2n) is 6.48. The molecule has 0 radical (unpaired) electrons. The number of furan rings is 1. The van der Waals surface area contributed by atoms with Crippen molar-refractivity contribution >= 4 is 17.5 Å². The second kappa shape index (κ2) is 7.94. The number of anilines is 1. The van der Waals surface area contributed by atoms with Crippen molar-refractivity contribution in [2.45, 2.75) is 6.92 Å². The summed E-state index contributed by atoms with van der Waals surface area (Å²) in [6.45, 7) is 1.62. The average molecular weight is 392 g/mol. The summed E-state index contributed by atoms with van der Waals surface area (Å²) in [4.78, 5) is 26.7. The number of methoxy groups -OCH3 is 1. The van der Waals surface area contributed by atoms with Crippen LogP contribution in [0.1, 0.15) is 32.0 Å². The smallest absolute Gasteiger partial charge is 0.260 e. The van der Waals surface area contributed by atoms with Crippen LogP contribution in [0.2, 0.25) is 0 Å². The fourth-order valence-corrected chi connectivity index (χ4v) is 2.94. The number of nitrogens with one attached hydrogen (secondary N) is 1. The van der Waals surface area contributed by atoms with E-state index in [1.165, 1.54) is 18.1 Å². The van der Waals surface area contributed by atoms with Crippen LogP contribution >= 0.6 is 0 Å². The highest BCUT2D eigenvalue weighted by molar-refractivity contribution is 6.08. The lowest BCUT2D eigenvalue weighted by Gasteiger charge is -2.14. The lowest BCUT2D eigenvalue weighted by molar-refractivity contribution is 0.0827. The van der Waals surface area contributed by atoms with E-state index < -0.39 is 5.91 Å². The number of rotatable bonds is 5. The monoisotopic (exact) mass is 392 g/mol. The van der Waals surface area contributed by atoms with Gasteiger partial charge in [-0.2, -0.15) is 5.26 Å². The van der Waals surface area contributed by atoms with Crippen molar-refractivity contribution in [3.05, 3.63) is 65.2 Å². The number of carbonyl (C=O) groups excluding carboxylic acids is 2. The Morgan fingerprint density at radius 2 is 1.93 bits per heavy atom. The van der Waals surface area contributed by atoms with Gasteiger partial charge in [-0.3, -0.25) is 14.2 Å². The van der Waals surface area contributed by atoms with Gasteiger partial charge in [0.25, 0.3) is 11.8 Å². The van der Waals surface area contributed by atoms with Gasteiger partial charge in [-0.15, -0.1) is 0 Å². The molecule has 29 heavy (non-hydrogen) atoms. The second-order valence-corrected chi connectivity index (χ2v) is 6.48. The zero-order valence-electron chi connectivity index (χ0n) is 16.5. The molecular weight excluding hydrogens is 372 g/mol. The first-order valence-electron chi connectivity index (χ1n) is 8.75. The van der Waals surface area contributed by atoms with Crippen LogP contribution < -0.4 is 10.1 Å². The fraction of sp³-hybridized carbons (Fsp3) is 0.190. The maximum absolute atomic E-state index is 13.0. The molecule has 0 saturated heterocycles. The lowest BCUT2D eigenvalue weighted by Crippen LogP contribution is -2.22. The van der Waals surface area contributed by atoms with Crippen LogP contribution in [0.5, 0.6) is 5.75 Å². The molecule has 0 saturated carbocycles. The van der Waals surface area contributed by atoms with Gasteiger partial charge in [0.1, 0.15) is 28.7 Å². The minimum atomic E-state index is -0.533. The third-order valence-electron chi connectivity index (χ3n) is 4.34. The van der Waals surface area contributed by atoms with Gasteiger partial charge in [0.05, 0.1) is 12.8 Å². The highest BCUT2D eigenvalue weighted by atomic mass is 16.5. The molecule has 8 nitrogen and oxygen atoms in total. The highest BCUT2D eigenvalue weighted by Crippen LogP contribution is 2.30. The number of hydrogen-bond donors (Lipinski definition) is 1. The van der Waals surface area contributed by atoms with Crippen LogP contribution in [0.25, 0.3) is 5.88 Å². The standard InChI is InChI=1S/C21H20N4O4/c1-13-18(15(12-22)21(29-13)25-9-5-6-10-25)19(26)23-16-11-14(20(27)24(2)3)7-8-17(16)28-4/h5-11H,1-4H3,(H,23,26). The summed E-state index contributed by atoms with van der Waals surface area (Å²) in [5, 5.41) is 12.4. The molecule has 1 aromatic carbocycles. The molecule has 3 rings (SSSR count). The van der Waals surface area contributed by atoms with Gasteiger partial charge in [-0.05, 0) is 37.3 Å². The first kappa shape index (κ1) is 19.8. The number of carbonyl (C=O) groups is 2. The Morgan fingerprint density at radius 3 is 2.52 bits per heavy atom. The lowest BCUT2D eigenvalue weighted by atomic mass is 10.1. The fourth-order valence-electron chi connectivity index (χ4n) is 2.94. The molecule has 3 aromatic rings. The van der Waals surface area contributed by atoms with Crippen molar-refractivity contribution in [3.63, 3.8) is 0 Å². The summed E-state index contributed by atoms with van der Waals surface area (Å²) in [5.41, 5.74) is 0.957. The van der Waals surface area contributed by atoms with Crippen molar-refractivity contribution < 1.29 is 18.7 Å². The summed E-state index contributed by atoms with van der Waals surface area (Å²) in [7, 11) is 4.75. The van der Waals surface area contributed by atoms with Crippen LogP contribution in [0, 0.1) is 18.3 Å². The summed E-state index contributed by atoms with van der Waals surface area (Å²) in [6, 6.07) is 10.4. The number of hydrogen-bond acceptors (Lipinski definition) is 5. The van der Waals surface area contributed by atoms with Gasteiger partial charge in [0.15, 0.2) is 0 Å². The van der Waals surface area contributed by atoms with Gasteiger partial charge >= 0.3 is 0 Å². The summed E-state index contributed by atoms with van der Waals surface area (Å²) >= 11 is 0. The number of amides is 2. The third-order valence-corrected chi connectivity index (χ3v) is 4.34. The Balaban J connectivity index is 2.00. The third kappa shape index (κ3) is 3.71. The molecule has 2 amide bonds. The predicted octanol–water partition coefficient (Wildman–Crippen LogP) is 3.21. The number of ether oxygens (including phenoxy) is 1. The van der Waals surface area contributed by atoms with Gasteiger partial charge in [0.2, 0.25) is 5.88 Å². The Morgan fingerprint density at radius 1 is 1.24 bits per heavy atom. The Hall–Kier alpha value is -3.99. The van der Waals surface area contributed by atoms with E-state index >= 15 is 0 Å². The Bertz CT molecular complexity index is 1100. The molecule has 0 aliphatic heterocycles. The first-order chi connectivity index (χ1) is 13.9. The number of aromatic nitrogens is 1. The largest absolute Gasteiger partial charge is 0.495 e. The van der Waals surface area contributed by atoms with Crippen LogP contribution in [-0.4, -0.2) is 42.5 Å². The van der Waals surface area contributed by atoms with Crippen molar-refractivity contribution in [1.82, 2.24) is 9.47 Å². The maximum Gasteiger partial charge on any atom is 0.260 e. The van der Waals surface area contributed by atoms with Crippen molar-refractivity contribution in [2.75, 3.05) is 26.5 Å². The molecule has 0 bridgehead atoms. The molecule has 0 atom stereocenters. The van der Waals surface area contributed by atoms with Crippen LogP contribution in [0.4, 0.5) is 5.69 Å². The van der Waals surface area contributed by atoms with Crippen molar-refractivity contribution in [2.24, 2.45) is 0 Å². The molecule has 2 heterocycles. The van der Waals surface area contributed by atoms with E-state index in [1.807, 2.05) is 6.07 Å². The van der Waals surface area contributed by atoms with Crippen LogP contribution in [-0.2, 0) is 0 Å². The molecule has 0 aliphatic rings. The molecular formula is C21H20N4O4. The maximum atomic E-state index is 13.0. The zero-order chi connectivity index (χ0) is 21.1. The van der Waals surface area contributed by atoms with Crippen molar-refractivity contribution in [3.8, 4) is 17.7 Å².